The van der Waals surface area contributed by atoms with E-state index in [-0.39, 0.29) is 36.1 Å². The molecule has 2 aliphatic rings. The topological polar surface area (TPSA) is 131 Å². The van der Waals surface area contributed by atoms with E-state index in [4.69, 9.17) is 9.84 Å². The van der Waals surface area contributed by atoms with Gasteiger partial charge in [0.15, 0.2) is 0 Å². The Morgan fingerprint density at radius 2 is 2.10 bits per heavy atom. The van der Waals surface area contributed by atoms with Gasteiger partial charge in [0.25, 0.3) is 0 Å². The number of nitrogens with zero attached hydrogens (tertiary/aromatic N) is 5. The molecule has 0 radical (unpaired) electrons. The van der Waals surface area contributed by atoms with Crippen molar-refractivity contribution in [3.05, 3.63) is 40.4 Å². The molecular formula is C18H19N5O5S2. The summed E-state index contributed by atoms with van der Waals surface area (Å²) in [4.78, 5) is 25.7. The minimum atomic E-state index is -1.15. The van der Waals surface area contributed by atoms with Crippen molar-refractivity contribution >= 4 is 35.4 Å². The molecule has 2 atom stereocenters. The lowest BCUT2D eigenvalue weighted by molar-refractivity contribution is -0.152. The number of aromatic nitrogens is 4. The summed E-state index contributed by atoms with van der Waals surface area (Å²) in [5.74, 6) is -0.454. The van der Waals surface area contributed by atoms with Crippen LogP contribution >= 0.6 is 23.5 Å². The lowest BCUT2D eigenvalue weighted by Crippen LogP contribution is -2.57. The van der Waals surface area contributed by atoms with Crippen molar-refractivity contribution in [3.8, 4) is 5.75 Å². The highest BCUT2D eigenvalue weighted by atomic mass is 32.2. The molecule has 0 spiro atoms. The van der Waals surface area contributed by atoms with Gasteiger partial charge in [-0.2, -0.15) is 0 Å². The van der Waals surface area contributed by atoms with E-state index in [1.165, 1.54) is 28.4 Å². The summed E-state index contributed by atoms with van der Waals surface area (Å²) in [6, 6.07) is 7.49. The van der Waals surface area contributed by atoms with Gasteiger partial charge in [0.2, 0.25) is 11.1 Å². The Morgan fingerprint density at radius 3 is 2.73 bits per heavy atom. The van der Waals surface area contributed by atoms with Crippen LogP contribution in [-0.2, 0) is 22.4 Å². The molecule has 0 bridgehead atoms. The molecule has 1 aromatic carbocycles. The summed E-state index contributed by atoms with van der Waals surface area (Å²) in [6.45, 7) is -0.0372. The number of carbonyl (C=O) groups is 2. The average Bonchev–Trinajstić information content (AvgIpc) is 3.31. The summed E-state index contributed by atoms with van der Waals surface area (Å²) in [5, 5.41) is 30.4. The minimum absolute atomic E-state index is 0.0190. The van der Waals surface area contributed by atoms with Crippen molar-refractivity contribution in [2.45, 2.75) is 22.7 Å². The summed E-state index contributed by atoms with van der Waals surface area (Å²) in [6.07, 6.45) is 0.331. The predicted molar refractivity (Wildman–Crippen MR) is 108 cm³/mol. The van der Waals surface area contributed by atoms with Crippen LogP contribution in [0.25, 0.3) is 0 Å². The van der Waals surface area contributed by atoms with Crippen molar-refractivity contribution in [1.82, 2.24) is 25.1 Å². The first-order valence-electron chi connectivity index (χ1n) is 9.13. The van der Waals surface area contributed by atoms with Crippen molar-refractivity contribution in [2.24, 2.45) is 13.0 Å². The van der Waals surface area contributed by atoms with Gasteiger partial charge in [-0.15, -0.1) is 5.10 Å². The number of amides is 1. The van der Waals surface area contributed by atoms with Crippen molar-refractivity contribution in [2.75, 3.05) is 13.2 Å². The third-order valence-electron chi connectivity index (χ3n) is 4.81. The lowest BCUT2D eigenvalue weighted by Gasteiger charge is -2.42. The third-order valence-corrected chi connectivity index (χ3v) is 7.26. The molecule has 2 N–H and O–H groups in total. The fraction of sp³-hybridized carbons (Fsp3) is 0.389. The number of β-lactam (4-membered cyclic amide) rings is 1. The zero-order valence-corrected chi connectivity index (χ0v) is 17.6. The van der Waals surface area contributed by atoms with Gasteiger partial charge in [0, 0.05) is 19.4 Å². The maximum absolute atomic E-state index is 12.2. The summed E-state index contributed by atoms with van der Waals surface area (Å²) < 4.78 is 7.38. The Hall–Kier alpha value is -2.57. The minimum Gasteiger partial charge on any atom is -0.488 e. The van der Waals surface area contributed by atoms with Crippen molar-refractivity contribution in [1.29, 1.82) is 0 Å². The second kappa shape index (κ2) is 8.66. The third kappa shape index (κ3) is 3.89. The van der Waals surface area contributed by atoms with Crippen LogP contribution in [0.3, 0.4) is 0 Å². The second-order valence-electron chi connectivity index (χ2n) is 6.72. The van der Waals surface area contributed by atoms with Crippen LogP contribution in [0.5, 0.6) is 5.75 Å². The first-order chi connectivity index (χ1) is 14.5. The molecule has 1 aromatic heterocycles. The van der Waals surface area contributed by atoms with Gasteiger partial charge in [0.1, 0.15) is 18.1 Å². The number of aliphatic hydroxyl groups excluding tert-OH is 1. The maximum atomic E-state index is 12.2. The van der Waals surface area contributed by atoms with E-state index in [0.717, 1.165) is 10.7 Å². The molecule has 10 nitrogen and oxygen atoms in total. The smallest absolute Gasteiger partial charge is 0.353 e. The Bertz CT molecular complexity index is 993. The number of thioether (sulfide) groups is 2. The van der Waals surface area contributed by atoms with Gasteiger partial charge in [-0.1, -0.05) is 35.7 Å². The zero-order valence-electron chi connectivity index (χ0n) is 16.0. The molecule has 1 amide bonds. The normalized spacial score (nSPS) is 20.3. The number of carbonyl (C=O) groups excluding carboxylic acids is 1. The predicted octanol–water partition coefficient (Wildman–Crippen LogP) is 1.09. The molecule has 0 aliphatic carbocycles. The number of carboxylic acids is 1. The molecule has 2 aromatic rings. The number of hydrogen-bond acceptors (Lipinski definition) is 9. The zero-order chi connectivity index (χ0) is 21.3. The quantitative estimate of drug-likeness (QED) is 0.424. The van der Waals surface area contributed by atoms with Gasteiger partial charge in [-0.25, -0.2) is 9.48 Å². The van der Waals surface area contributed by atoms with E-state index in [9.17, 15) is 14.7 Å². The van der Waals surface area contributed by atoms with Crippen LogP contribution in [0.2, 0.25) is 0 Å². The van der Waals surface area contributed by atoms with Gasteiger partial charge in [-0.05, 0) is 34.5 Å². The number of tetrazole rings is 1. The van der Waals surface area contributed by atoms with Crippen LogP contribution in [0.4, 0.5) is 0 Å². The fourth-order valence-electron chi connectivity index (χ4n) is 3.28. The Kier molecular flexibility index (Phi) is 5.97. The number of aliphatic carboxylic acids is 1. The van der Waals surface area contributed by atoms with Crippen LogP contribution in [-0.4, -0.2) is 65.8 Å². The molecule has 158 valence electrons. The molecule has 2 aliphatic heterocycles. The number of ether oxygens (including phenoxy) is 1. The van der Waals surface area contributed by atoms with Crippen LogP contribution in [0, 0.1) is 5.92 Å². The Morgan fingerprint density at radius 1 is 1.33 bits per heavy atom. The molecule has 3 heterocycles. The number of fused-ring (bicyclic) bond motifs is 1. The first kappa shape index (κ1) is 20.7. The van der Waals surface area contributed by atoms with Crippen LogP contribution < -0.4 is 4.74 Å². The average molecular weight is 450 g/mol. The highest BCUT2D eigenvalue weighted by molar-refractivity contribution is 8.04. The van der Waals surface area contributed by atoms with E-state index < -0.39 is 5.97 Å². The largest absolute Gasteiger partial charge is 0.488 e. The van der Waals surface area contributed by atoms with E-state index in [1.807, 2.05) is 24.3 Å². The van der Waals surface area contributed by atoms with E-state index in [0.29, 0.717) is 22.8 Å². The number of rotatable bonds is 9. The molecular weight excluding hydrogens is 430 g/mol. The molecule has 1 saturated heterocycles. The molecule has 30 heavy (non-hydrogen) atoms. The molecule has 1 fully saturated rings. The highest BCUT2D eigenvalue weighted by Crippen LogP contribution is 2.50. The summed E-state index contributed by atoms with van der Waals surface area (Å²) in [5.41, 5.74) is 1.05. The Labute approximate surface area is 180 Å². The summed E-state index contributed by atoms with van der Waals surface area (Å²) >= 11 is 2.84. The van der Waals surface area contributed by atoms with Crippen LogP contribution in [0.15, 0.2) is 40.0 Å². The first-order valence-corrected chi connectivity index (χ1v) is 11.0. The van der Waals surface area contributed by atoms with E-state index in [2.05, 4.69) is 15.5 Å². The molecule has 0 unspecified atom stereocenters. The number of aliphatic hydroxyl groups is 1. The lowest BCUT2D eigenvalue weighted by atomic mass is 9.94. The molecule has 4 rings (SSSR count). The number of carboxylic acid groups (broad SMARTS) is 1. The fourth-order valence-corrected chi connectivity index (χ4v) is 5.54. The standard InChI is InChI=1S/C18H19N5O5S2/c1-22-18(19-20-21-22)29-9-10-2-4-11(5-3-10)28-8-13-14(17(26)27)23-15(25)12(6-7-24)16(23)30-13/h2-5,12,16,24H,6-9H2,1H3,(H,26,27)/t12-,16+/m0/s1. The number of aryl methyl sites for hydroxylation is 1. The maximum Gasteiger partial charge on any atom is 0.353 e. The van der Waals surface area contributed by atoms with Crippen LogP contribution in [0.1, 0.15) is 12.0 Å². The highest BCUT2D eigenvalue weighted by Gasteiger charge is 2.55. The molecule has 0 saturated carbocycles. The van der Waals surface area contributed by atoms with Gasteiger partial charge < -0.3 is 14.9 Å². The molecule has 12 heteroatoms. The number of benzene rings is 1. The van der Waals surface area contributed by atoms with Gasteiger partial charge >= 0.3 is 5.97 Å². The van der Waals surface area contributed by atoms with Crippen molar-refractivity contribution in [3.63, 3.8) is 0 Å². The van der Waals surface area contributed by atoms with E-state index in [1.54, 1.807) is 11.7 Å². The monoisotopic (exact) mass is 449 g/mol. The SMILES string of the molecule is Cn1nnnc1SCc1ccc(OCC2=C(C(=O)O)N3C(=O)[C@H](CCO)[C@H]3S2)cc1. The van der Waals surface area contributed by atoms with Gasteiger partial charge in [0.05, 0.1) is 16.2 Å². The number of hydrogen-bond donors (Lipinski definition) is 2. The second-order valence-corrected chi connectivity index (χ2v) is 8.87. The van der Waals surface area contributed by atoms with E-state index >= 15 is 0 Å². The van der Waals surface area contributed by atoms with Gasteiger partial charge in [-0.3, -0.25) is 9.69 Å². The van der Waals surface area contributed by atoms with Crippen molar-refractivity contribution < 1.29 is 24.5 Å². The summed E-state index contributed by atoms with van der Waals surface area (Å²) in [7, 11) is 1.78. The Balaban J connectivity index is 1.36.